The number of hydrogen-bond donors (Lipinski definition) is 2. The maximum Gasteiger partial charge on any atom is 0.251 e. The van der Waals surface area contributed by atoms with E-state index in [1.54, 1.807) is 44.6 Å². The van der Waals surface area contributed by atoms with Crippen LogP contribution in [0.2, 0.25) is 0 Å². The SMILES string of the molecule is COc1ccc2[nH]c(=O)c(CCC(=O)Nc3ccccc3OC)cc2c1. The Labute approximate surface area is 150 Å². The van der Waals surface area contributed by atoms with Gasteiger partial charge in [0.1, 0.15) is 11.5 Å². The maximum atomic E-state index is 12.2. The zero-order valence-corrected chi connectivity index (χ0v) is 14.7. The van der Waals surface area contributed by atoms with Gasteiger partial charge in [0, 0.05) is 22.9 Å². The number of benzene rings is 2. The van der Waals surface area contributed by atoms with E-state index in [0.29, 0.717) is 29.2 Å². The smallest absolute Gasteiger partial charge is 0.251 e. The molecule has 0 saturated heterocycles. The first-order valence-corrected chi connectivity index (χ1v) is 8.23. The molecule has 2 N–H and O–H groups in total. The Balaban J connectivity index is 1.73. The molecular weight excluding hydrogens is 332 g/mol. The number of amides is 1. The lowest BCUT2D eigenvalue weighted by atomic mass is 10.1. The van der Waals surface area contributed by atoms with E-state index in [1.807, 2.05) is 18.2 Å². The Hall–Kier alpha value is -3.28. The van der Waals surface area contributed by atoms with Gasteiger partial charge in [-0.3, -0.25) is 9.59 Å². The molecule has 134 valence electrons. The lowest BCUT2D eigenvalue weighted by Gasteiger charge is -2.10. The summed E-state index contributed by atoms with van der Waals surface area (Å²) in [7, 11) is 3.14. The summed E-state index contributed by atoms with van der Waals surface area (Å²) in [5.41, 5.74) is 1.71. The van der Waals surface area contributed by atoms with E-state index in [4.69, 9.17) is 9.47 Å². The number of para-hydroxylation sites is 2. The second-order valence-corrected chi connectivity index (χ2v) is 5.83. The van der Waals surface area contributed by atoms with Gasteiger partial charge in [-0.1, -0.05) is 12.1 Å². The number of H-pyrrole nitrogens is 1. The van der Waals surface area contributed by atoms with Gasteiger partial charge in [0.2, 0.25) is 5.91 Å². The summed E-state index contributed by atoms with van der Waals surface area (Å²) in [5, 5.41) is 3.68. The highest BCUT2D eigenvalue weighted by atomic mass is 16.5. The van der Waals surface area contributed by atoms with Crippen LogP contribution in [0.3, 0.4) is 0 Å². The summed E-state index contributed by atoms with van der Waals surface area (Å²) in [6, 6.07) is 14.4. The molecule has 0 saturated carbocycles. The standard InChI is InChI=1S/C20H20N2O4/c1-25-15-8-9-16-14(12-15)11-13(20(24)22-16)7-10-19(23)21-17-5-3-4-6-18(17)26-2/h3-6,8-9,11-12H,7,10H2,1-2H3,(H,21,23)(H,22,24). The average Bonchev–Trinajstić information content (AvgIpc) is 2.66. The zero-order valence-electron chi connectivity index (χ0n) is 14.7. The van der Waals surface area contributed by atoms with Crippen molar-refractivity contribution in [2.24, 2.45) is 0 Å². The van der Waals surface area contributed by atoms with Gasteiger partial charge in [0.15, 0.2) is 0 Å². The number of pyridine rings is 1. The van der Waals surface area contributed by atoms with E-state index in [0.717, 1.165) is 10.9 Å². The molecule has 0 aliphatic rings. The fourth-order valence-corrected chi connectivity index (χ4v) is 2.75. The molecule has 1 aromatic heterocycles. The summed E-state index contributed by atoms with van der Waals surface area (Å²) < 4.78 is 10.4. The van der Waals surface area contributed by atoms with Crippen LogP contribution in [-0.2, 0) is 11.2 Å². The molecule has 0 aliphatic carbocycles. The molecule has 3 rings (SSSR count). The van der Waals surface area contributed by atoms with E-state index in [-0.39, 0.29) is 17.9 Å². The minimum atomic E-state index is -0.187. The number of anilines is 1. The minimum Gasteiger partial charge on any atom is -0.497 e. The number of carbonyl (C=O) groups excluding carboxylic acids is 1. The van der Waals surface area contributed by atoms with Crippen molar-refractivity contribution in [3.63, 3.8) is 0 Å². The molecule has 6 nitrogen and oxygen atoms in total. The molecule has 3 aromatic rings. The Bertz CT molecular complexity index is 995. The van der Waals surface area contributed by atoms with Crippen molar-refractivity contribution in [3.05, 3.63) is 64.4 Å². The monoisotopic (exact) mass is 352 g/mol. The van der Waals surface area contributed by atoms with E-state index < -0.39 is 0 Å². The Morgan fingerprint density at radius 1 is 1.08 bits per heavy atom. The highest BCUT2D eigenvalue weighted by molar-refractivity contribution is 5.92. The molecule has 2 aromatic carbocycles. The second-order valence-electron chi connectivity index (χ2n) is 5.83. The molecule has 1 amide bonds. The molecule has 0 radical (unpaired) electrons. The van der Waals surface area contributed by atoms with Gasteiger partial charge in [-0.05, 0) is 42.8 Å². The van der Waals surface area contributed by atoms with Gasteiger partial charge in [-0.2, -0.15) is 0 Å². The third-order valence-corrected chi connectivity index (χ3v) is 4.13. The number of aromatic amines is 1. The number of ether oxygens (including phenoxy) is 2. The Morgan fingerprint density at radius 2 is 1.88 bits per heavy atom. The van der Waals surface area contributed by atoms with Crippen molar-refractivity contribution >= 4 is 22.5 Å². The third-order valence-electron chi connectivity index (χ3n) is 4.13. The normalized spacial score (nSPS) is 10.5. The van der Waals surface area contributed by atoms with Gasteiger partial charge < -0.3 is 19.8 Å². The lowest BCUT2D eigenvalue weighted by Crippen LogP contribution is -2.17. The number of aromatic nitrogens is 1. The fraction of sp³-hybridized carbons (Fsp3) is 0.200. The molecule has 6 heteroatoms. The van der Waals surface area contributed by atoms with E-state index >= 15 is 0 Å². The summed E-state index contributed by atoms with van der Waals surface area (Å²) in [4.78, 5) is 27.3. The number of hydrogen-bond acceptors (Lipinski definition) is 4. The summed E-state index contributed by atoms with van der Waals surface area (Å²) in [6.07, 6.45) is 0.528. The molecule has 0 fully saturated rings. The van der Waals surface area contributed by atoms with Crippen LogP contribution in [0.5, 0.6) is 11.5 Å². The van der Waals surface area contributed by atoms with Crippen molar-refractivity contribution in [1.29, 1.82) is 0 Å². The van der Waals surface area contributed by atoms with Crippen molar-refractivity contribution in [1.82, 2.24) is 4.98 Å². The highest BCUT2D eigenvalue weighted by Crippen LogP contribution is 2.23. The van der Waals surface area contributed by atoms with Crippen molar-refractivity contribution < 1.29 is 14.3 Å². The molecule has 0 unspecified atom stereocenters. The quantitative estimate of drug-likeness (QED) is 0.714. The molecule has 26 heavy (non-hydrogen) atoms. The van der Waals surface area contributed by atoms with Gasteiger partial charge >= 0.3 is 0 Å². The van der Waals surface area contributed by atoms with E-state index in [2.05, 4.69) is 10.3 Å². The van der Waals surface area contributed by atoms with Crippen LogP contribution < -0.4 is 20.3 Å². The highest BCUT2D eigenvalue weighted by Gasteiger charge is 2.10. The van der Waals surface area contributed by atoms with Crippen LogP contribution in [0.25, 0.3) is 10.9 Å². The number of fused-ring (bicyclic) bond motifs is 1. The second kappa shape index (κ2) is 7.74. The Kier molecular flexibility index (Phi) is 5.22. The van der Waals surface area contributed by atoms with Crippen LogP contribution in [-0.4, -0.2) is 25.1 Å². The first-order valence-electron chi connectivity index (χ1n) is 8.23. The average molecular weight is 352 g/mol. The predicted octanol–water partition coefficient (Wildman–Crippen LogP) is 3.12. The van der Waals surface area contributed by atoms with Crippen molar-refractivity contribution in [2.45, 2.75) is 12.8 Å². The number of nitrogens with one attached hydrogen (secondary N) is 2. The van der Waals surface area contributed by atoms with Gasteiger partial charge in [-0.15, -0.1) is 0 Å². The predicted molar refractivity (Wildman–Crippen MR) is 101 cm³/mol. The van der Waals surface area contributed by atoms with Crippen LogP contribution in [0.1, 0.15) is 12.0 Å². The Morgan fingerprint density at radius 3 is 2.65 bits per heavy atom. The van der Waals surface area contributed by atoms with Crippen LogP contribution >= 0.6 is 0 Å². The lowest BCUT2D eigenvalue weighted by molar-refractivity contribution is -0.116. The van der Waals surface area contributed by atoms with E-state index in [1.165, 1.54) is 0 Å². The summed E-state index contributed by atoms with van der Waals surface area (Å²) in [5.74, 6) is 1.13. The molecular formula is C20H20N2O4. The van der Waals surface area contributed by atoms with Gasteiger partial charge in [-0.25, -0.2) is 0 Å². The van der Waals surface area contributed by atoms with Crippen molar-refractivity contribution in [2.75, 3.05) is 19.5 Å². The maximum absolute atomic E-state index is 12.2. The van der Waals surface area contributed by atoms with Crippen molar-refractivity contribution in [3.8, 4) is 11.5 Å². The number of rotatable bonds is 6. The topological polar surface area (TPSA) is 80.4 Å². The minimum absolute atomic E-state index is 0.181. The van der Waals surface area contributed by atoms with Crippen LogP contribution in [0.4, 0.5) is 5.69 Å². The number of aryl methyl sites for hydroxylation is 1. The summed E-state index contributed by atoms with van der Waals surface area (Å²) in [6.45, 7) is 0. The summed E-state index contributed by atoms with van der Waals surface area (Å²) >= 11 is 0. The van der Waals surface area contributed by atoms with Crippen LogP contribution in [0.15, 0.2) is 53.3 Å². The molecule has 1 heterocycles. The largest absolute Gasteiger partial charge is 0.497 e. The zero-order chi connectivity index (χ0) is 18.5. The number of methoxy groups -OCH3 is 2. The number of carbonyl (C=O) groups is 1. The fourth-order valence-electron chi connectivity index (χ4n) is 2.75. The van der Waals surface area contributed by atoms with Gasteiger partial charge in [0.05, 0.1) is 19.9 Å². The first-order chi connectivity index (χ1) is 12.6. The molecule has 0 bridgehead atoms. The van der Waals surface area contributed by atoms with E-state index in [9.17, 15) is 9.59 Å². The van der Waals surface area contributed by atoms with Crippen LogP contribution in [0, 0.1) is 0 Å². The third kappa shape index (κ3) is 3.85. The molecule has 0 atom stereocenters. The molecule has 0 aliphatic heterocycles. The molecule has 0 spiro atoms. The van der Waals surface area contributed by atoms with Gasteiger partial charge in [0.25, 0.3) is 5.56 Å². The first kappa shape index (κ1) is 17.5.